The molecule has 0 saturated heterocycles. The number of nitrogens with zero attached hydrogens (tertiary/aromatic N) is 2. The quantitative estimate of drug-likeness (QED) is 0.609. The number of esters is 1. The fraction of sp³-hybridized carbons (Fsp3) is 0.158. The van der Waals surface area contributed by atoms with Gasteiger partial charge >= 0.3 is 5.97 Å². The first-order chi connectivity index (χ1) is 13.3. The Bertz CT molecular complexity index is 945. The number of hydrazone groups is 1. The molecule has 0 aromatic heterocycles. The van der Waals surface area contributed by atoms with Gasteiger partial charge in [-0.2, -0.15) is 0 Å². The van der Waals surface area contributed by atoms with Crippen LogP contribution in [0.1, 0.15) is 35.1 Å². The van der Waals surface area contributed by atoms with E-state index in [1.807, 2.05) is 0 Å². The van der Waals surface area contributed by atoms with Gasteiger partial charge in [-0.25, -0.2) is 9.80 Å². The van der Waals surface area contributed by atoms with Crippen LogP contribution in [0.15, 0.2) is 53.6 Å². The van der Waals surface area contributed by atoms with E-state index in [1.54, 1.807) is 48.5 Å². The number of carbonyl (C=O) groups excluding carboxylic acids is 3. The predicted octanol–water partition coefficient (Wildman–Crippen LogP) is 3.56. The Labute approximate surface area is 170 Å². The number of rotatable bonds is 3. The molecule has 0 bridgehead atoms. The number of carbonyl (C=O) groups is 3. The number of amides is 2. The topological polar surface area (TPSA) is 88.1 Å². The number of halogens is 1. The molecule has 1 aliphatic rings. The van der Waals surface area contributed by atoms with Crippen molar-refractivity contribution < 1.29 is 19.1 Å². The normalized spacial score (nSPS) is 15.8. The summed E-state index contributed by atoms with van der Waals surface area (Å²) in [5, 5.41) is 8.49. The molecule has 7 nitrogen and oxygen atoms in total. The number of hydrogen-bond acceptors (Lipinski definition) is 6. The number of amidine groups is 1. The minimum absolute atomic E-state index is 0.254. The molecule has 1 atom stereocenters. The van der Waals surface area contributed by atoms with Crippen molar-refractivity contribution in [2.45, 2.75) is 19.2 Å². The monoisotopic (exact) mass is 417 g/mol. The Morgan fingerprint density at radius 3 is 2.29 bits per heavy atom. The molecule has 0 spiro atoms. The molecule has 0 saturated carbocycles. The van der Waals surface area contributed by atoms with Crippen LogP contribution in [-0.4, -0.2) is 28.0 Å². The van der Waals surface area contributed by atoms with Crippen molar-refractivity contribution in [1.29, 1.82) is 0 Å². The molecule has 2 aromatic carbocycles. The minimum atomic E-state index is -0.499. The van der Waals surface area contributed by atoms with Gasteiger partial charge in [-0.1, -0.05) is 35.5 Å². The van der Waals surface area contributed by atoms with Crippen molar-refractivity contribution >= 4 is 46.3 Å². The summed E-state index contributed by atoms with van der Waals surface area (Å²) < 4.78 is 5.35. The van der Waals surface area contributed by atoms with Crippen LogP contribution in [0.4, 0.5) is 0 Å². The van der Waals surface area contributed by atoms with Gasteiger partial charge in [-0.15, -0.1) is 5.10 Å². The average molecular weight is 418 g/mol. The summed E-state index contributed by atoms with van der Waals surface area (Å²) in [4.78, 5) is 35.3. The molecule has 0 aliphatic carbocycles. The van der Waals surface area contributed by atoms with E-state index in [9.17, 15) is 14.4 Å². The summed E-state index contributed by atoms with van der Waals surface area (Å²) in [6.45, 7) is 2.77. The highest BCUT2D eigenvalue weighted by atomic mass is 35.5. The van der Waals surface area contributed by atoms with E-state index in [4.69, 9.17) is 16.3 Å². The fourth-order valence-corrected chi connectivity index (χ4v) is 3.70. The molecule has 2 aromatic rings. The van der Waals surface area contributed by atoms with Crippen LogP contribution in [-0.2, 0) is 9.59 Å². The molecule has 28 heavy (non-hydrogen) atoms. The molecule has 1 N–H and O–H groups in total. The SMILES string of the molecule is CC(=O)NC1=NN(C(C)=O)[C@H](c2ccc(OC(=O)c3ccc(Cl)cc3)cc2)S1. The summed E-state index contributed by atoms with van der Waals surface area (Å²) >= 11 is 7.06. The second-order valence-electron chi connectivity index (χ2n) is 5.89. The Morgan fingerprint density at radius 1 is 1.07 bits per heavy atom. The van der Waals surface area contributed by atoms with Gasteiger partial charge in [0.15, 0.2) is 5.17 Å². The van der Waals surface area contributed by atoms with E-state index in [2.05, 4.69) is 10.4 Å². The van der Waals surface area contributed by atoms with Gasteiger partial charge in [-0.3, -0.25) is 9.59 Å². The van der Waals surface area contributed by atoms with E-state index in [1.165, 1.54) is 30.6 Å². The van der Waals surface area contributed by atoms with Crippen LogP contribution < -0.4 is 10.1 Å². The van der Waals surface area contributed by atoms with Crippen LogP contribution >= 0.6 is 23.4 Å². The maximum Gasteiger partial charge on any atom is 0.343 e. The zero-order valence-corrected chi connectivity index (χ0v) is 16.6. The third kappa shape index (κ3) is 4.71. The Morgan fingerprint density at radius 2 is 1.71 bits per heavy atom. The van der Waals surface area contributed by atoms with Crippen LogP contribution in [0, 0.1) is 0 Å². The van der Waals surface area contributed by atoms with Crippen molar-refractivity contribution in [3.05, 3.63) is 64.7 Å². The molecule has 0 unspecified atom stereocenters. The van der Waals surface area contributed by atoms with Crippen LogP contribution in [0.3, 0.4) is 0 Å². The van der Waals surface area contributed by atoms with Gasteiger partial charge in [0.05, 0.1) is 5.56 Å². The van der Waals surface area contributed by atoms with Gasteiger partial charge < -0.3 is 10.1 Å². The number of nitrogens with one attached hydrogen (secondary N) is 1. The molecular formula is C19H16ClN3O4S. The molecule has 9 heteroatoms. The second-order valence-corrected chi connectivity index (χ2v) is 7.39. The van der Waals surface area contributed by atoms with Gasteiger partial charge in [-0.05, 0) is 42.0 Å². The highest BCUT2D eigenvalue weighted by Gasteiger charge is 2.32. The van der Waals surface area contributed by atoms with Crippen molar-refractivity contribution in [3.63, 3.8) is 0 Å². The molecule has 1 aliphatic heterocycles. The van der Waals surface area contributed by atoms with Gasteiger partial charge in [0, 0.05) is 18.9 Å². The molecule has 1 heterocycles. The summed E-state index contributed by atoms with van der Waals surface area (Å²) in [7, 11) is 0. The van der Waals surface area contributed by atoms with E-state index < -0.39 is 11.3 Å². The molecule has 0 radical (unpaired) electrons. The lowest BCUT2D eigenvalue weighted by Crippen LogP contribution is -2.25. The highest BCUT2D eigenvalue weighted by molar-refractivity contribution is 8.14. The molecule has 144 valence electrons. The Balaban J connectivity index is 1.71. The van der Waals surface area contributed by atoms with E-state index >= 15 is 0 Å². The molecule has 2 amide bonds. The van der Waals surface area contributed by atoms with E-state index in [0.29, 0.717) is 21.5 Å². The minimum Gasteiger partial charge on any atom is -0.423 e. The van der Waals surface area contributed by atoms with Crippen molar-refractivity contribution in [1.82, 2.24) is 10.3 Å². The first-order valence-electron chi connectivity index (χ1n) is 8.24. The third-order valence-corrected chi connectivity index (χ3v) is 5.06. The van der Waals surface area contributed by atoms with E-state index in [-0.39, 0.29) is 11.8 Å². The lowest BCUT2D eigenvalue weighted by molar-refractivity contribution is -0.129. The fourth-order valence-electron chi connectivity index (χ4n) is 2.43. The third-order valence-electron chi connectivity index (χ3n) is 3.71. The Hall–Kier alpha value is -2.84. The zero-order valence-electron chi connectivity index (χ0n) is 15.0. The predicted molar refractivity (Wildman–Crippen MR) is 107 cm³/mol. The first kappa shape index (κ1) is 19.9. The van der Waals surface area contributed by atoms with Crippen molar-refractivity contribution in [2.75, 3.05) is 0 Å². The maximum absolute atomic E-state index is 12.2. The first-order valence-corrected chi connectivity index (χ1v) is 9.49. The summed E-state index contributed by atoms with van der Waals surface area (Å²) in [6, 6.07) is 13.1. The van der Waals surface area contributed by atoms with Gasteiger partial charge in [0.2, 0.25) is 11.8 Å². The van der Waals surface area contributed by atoms with Crippen LogP contribution in [0.25, 0.3) is 0 Å². The number of hydrogen-bond donors (Lipinski definition) is 1. The van der Waals surface area contributed by atoms with Gasteiger partial charge in [0.1, 0.15) is 11.1 Å². The summed E-state index contributed by atoms with van der Waals surface area (Å²) in [6.07, 6.45) is 0. The van der Waals surface area contributed by atoms with Crippen molar-refractivity contribution in [3.8, 4) is 5.75 Å². The molecular weight excluding hydrogens is 402 g/mol. The largest absolute Gasteiger partial charge is 0.423 e. The van der Waals surface area contributed by atoms with Gasteiger partial charge in [0.25, 0.3) is 0 Å². The number of ether oxygens (including phenoxy) is 1. The van der Waals surface area contributed by atoms with E-state index in [0.717, 1.165) is 5.56 Å². The summed E-state index contributed by atoms with van der Waals surface area (Å²) in [5.41, 5.74) is 1.16. The lowest BCUT2D eigenvalue weighted by atomic mass is 10.2. The van der Waals surface area contributed by atoms with Crippen LogP contribution in [0.2, 0.25) is 5.02 Å². The summed E-state index contributed by atoms with van der Waals surface area (Å²) in [5.74, 6) is -0.652. The van der Waals surface area contributed by atoms with Crippen LogP contribution in [0.5, 0.6) is 5.75 Å². The smallest absolute Gasteiger partial charge is 0.343 e. The average Bonchev–Trinajstić information content (AvgIpc) is 3.06. The maximum atomic E-state index is 12.2. The number of thioether (sulfide) groups is 1. The Kier molecular flexibility index (Phi) is 6.01. The molecule has 0 fully saturated rings. The van der Waals surface area contributed by atoms with Crippen molar-refractivity contribution in [2.24, 2.45) is 5.10 Å². The zero-order chi connectivity index (χ0) is 20.3. The standard InChI is InChI=1S/C19H16ClN3O4S/c1-11(24)21-19-22-23(12(2)25)17(28-19)13-5-9-16(10-6-13)27-18(26)14-3-7-15(20)8-4-14/h3-10,17H,1-2H3,(H,21,22,24)/t17-/m0/s1. The molecule has 3 rings (SSSR count). The second kappa shape index (κ2) is 8.45. The number of benzene rings is 2. The lowest BCUT2D eigenvalue weighted by Gasteiger charge is -2.19. The highest BCUT2D eigenvalue weighted by Crippen LogP contribution is 2.39.